The van der Waals surface area contributed by atoms with Crippen molar-refractivity contribution in [3.05, 3.63) is 0 Å². The molecule has 0 aromatic carbocycles. The maximum absolute atomic E-state index is 11.4. The van der Waals surface area contributed by atoms with Crippen LogP contribution in [0.25, 0.3) is 0 Å². The zero-order valence-electron chi connectivity index (χ0n) is 8.78. The number of hydrogen-bond acceptors (Lipinski definition) is 3. The Labute approximate surface area is 85.0 Å². The van der Waals surface area contributed by atoms with E-state index in [0.29, 0.717) is 5.92 Å². The molecule has 80 valence electrons. The van der Waals surface area contributed by atoms with Crippen LogP contribution in [-0.2, 0) is 4.79 Å². The molecule has 2 N–H and O–H groups in total. The summed E-state index contributed by atoms with van der Waals surface area (Å²) in [4.78, 5) is 15.7. The lowest BCUT2D eigenvalue weighted by atomic mass is 9.89. The van der Waals surface area contributed by atoms with Gasteiger partial charge < -0.3 is 15.5 Å². The van der Waals surface area contributed by atoms with E-state index < -0.39 is 0 Å². The van der Waals surface area contributed by atoms with E-state index in [9.17, 15) is 4.79 Å². The van der Waals surface area contributed by atoms with E-state index in [1.165, 1.54) is 13.0 Å². The van der Waals surface area contributed by atoms with Crippen LogP contribution in [0.5, 0.6) is 0 Å². The monoisotopic (exact) mass is 197 g/mol. The molecule has 0 aromatic rings. The lowest BCUT2D eigenvalue weighted by Crippen LogP contribution is -2.37. The van der Waals surface area contributed by atoms with Crippen molar-refractivity contribution in [2.45, 2.75) is 6.42 Å². The van der Waals surface area contributed by atoms with Crippen molar-refractivity contribution in [3.8, 4) is 0 Å². The number of hydrogen-bond donors (Lipinski definition) is 1. The molecule has 2 saturated heterocycles. The van der Waals surface area contributed by atoms with Gasteiger partial charge in [-0.2, -0.15) is 0 Å². The van der Waals surface area contributed by atoms with Gasteiger partial charge in [-0.1, -0.05) is 0 Å². The first kappa shape index (κ1) is 9.93. The van der Waals surface area contributed by atoms with Crippen molar-refractivity contribution in [1.82, 2.24) is 9.80 Å². The highest BCUT2D eigenvalue weighted by Crippen LogP contribution is 2.30. The second-order valence-corrected chi connectivity index (χ2v) is 4.57. The number of fused-ring (bicyclic) bond motifs is 1. The summed E-state index contributed by atoms with van der Waals surface area (Å²) in [5, 5.41) is 0. The van der Waals surface area contributed by atoms with Crippen molar-refractivity contribution < 1.29 is 4.79 Å². The maximum Gasteiger partial charge on any atom is 0.236 e. The molecule has 14 heavy (non-hydrogen) atoms. The van der Waals surface area contributed by atoms with Gasteiger partial charge in [-0.15, -0.1) is 0 Å². The average molecular weight is 197 g/mol. The van der Waals surface area contributed by atoms with Gasteiger partial charge in [0.15, 0.2) is 0 Å². The zero-order chi connectivity index (χ0) is 10.1. The van der Waals surface area contributed by atoms with Gasteiger partial charge in [-0.3, -0.25) is 4.79 Å². The molecule has 2 rings (SSSR count). The lowest BCUT2D eigenvalue weighted by Gasteiger charge is -2.31. The number of piperidine rings is 1. The Hall–Kier alpha value is -0.610. The molecule has 0 spiro atoms. The van der Waals surface area contributed by atoms with Crippen LogP contribution in [0.15, 0.2) is 0 Å². The Kier molecular flexibility index (Phi) is 2.74. The number of nitrogens with zero attached hydrogens (tertiary/aromatic N) is 2. The minimum absolute atomic E-state index is 0.113. The third-order valence-corrected chi connectivity index (χ3v) is 3.53. The van der Waals surface area contributed by atoms with Crippen LogP contribution < -0.4 is 5.73 Å². The van der Waals surface area contributed by atoms with Gasteiger partial charge in [-0.05, 0) is 31.8 Å². The summed E-state index contributed by atoms with van der Waals surface area (Å²) in [6.07, 6.45) is 1.23. The number of nitrogens with two attached hydrogens (primary N) is 1. The van der Waals surface area contributed by atoms with Gasteiger partial charge in [0.1, 0.15) is 0 Å². The van der Waals surface area contributed by atoms with Crippen molar-refractivity contribution >= 4 is 5.91 Å². The van der Waals surface area contributed by atoms with E-state index in [1.807, 2.05) is 4.90 Å². The van der Waals surface area contributed by atoms with Gasteiger partial charge in [0.2, 0.25) is 5.91 Å². The molecule has 1 amide bonds. The van der Waals surface area contributed by atoms with E-state index in [-0.39, 0.29) is 12.5 Å². The van der Waals surface area contributed by atoms with Crippen molar-refractivity contribution in [3.63, 3.8) is 0 Å². The summed E-state index contributed by atoms with van der Waals surface area (Å²) >= 11 is 0. The Morgan fingerprint density at radius 1 is 1.36 bits per heavy atom. The number of carbonyl (C=O) groups excluding carboxylic acids is 1. The van der Waals surface area contributed by atoms with Crippen LogP contribution in [0.4, 0.5) is 0 Å². The minimum Gasteiger partial charge on any atom is -0.341 e. The summed E-state index contributed by atoms with van der Waals surface area (Å²) in [5.41, 5.74) is 5.37. The molecule has 2 unspecified atom stereocenters. The van der Waals surface area contributed by atoms with Gasteiger partial charge in [0.05, 0.1) is 6.54 Å². The van der Waals surface area contributed by atoms with Gasteiger partial charge >= 0.3 is 0 Å². The molecule has 0 radical (unpaired) electrons. The fourth-order valence-corrected chi connectivity index (χ4v) is 2.68. The number of carbonyl (C=O) groups is 1. The summed E-state index contributed by atoms with van der Waals surface area (Å²) in [6.45, 7) is 4.33. The highest BCUT2D eigenvalue weighted by atomic mass is 16.2. The molecule has 4 heteroatoms. The SMILES string of the molecule is CN1CCC2CN(C(=O)CN)CC2C1. The van der Waals surface area contributed by atoms with Crippen molar-refractivity contribution in [1.29, 1.82) is 0 Å². The smallest absolute Gasteiger partial charge is 0.236 e. The Bertz CT molecular complexity index is 231. The quantitative estimate of drug-likeness (QED) is 0.608. The van der Waals surface area contributed by atoms with Crippen LogP contribution in [0, 0.1) is 11.8 Å². The molecule has 2 heterocycles. The average Bonchev–Trinajstić information content (AvgIpc) is 2.59. The molecule has 0 saturated carbocycles. The molecule has 2 aliphatic heterocycles. The van der Waals surface area contributed by atoms with Crippen molar-refractivity contribution in [2.75, 3.05) is 39.8 Å². The predicted octanol–water partition coefficient (Wildman–Crippen LogP) is -0.645. The molecule has 0 aromatic heterocycles. The van der Waals surface area contributed by atoms with E-state index in [2.05, 4.69) is 11.9 Å². The van der Waals surface area contributed by atoms with Crippen molar-refractivity contribution in [2.24, 2.45) is 17.6 Å². The first-order valence-corrected chi connectivity index (χ1v) is 5.37. The normalized spacial score (nSPS) is 33.1. The third-order valence-electron chi connectivity index (χ3n) is 3.53. The molecule has 2 fully saturated rings. The summed E-state index contributed by atoms with van der Waals surface area (Å²) < 4.78 is 0. The second-order valence-electron chi connectivity index (χ2n) is 4.57. The van der Waals surface area contributed by atoms with Crippen LogP contribution in [0.3, 0.4) is 0 Å². The summed E-state index contributed by atoms with van der Waals surface area (Å²) in [7, 11) is 2.16. The Morgan fingerprint density at radius 2 is 2.07 bits per heavy atom. The van der Waals surface area contributed by atoms with E-state index >= 15 is 0 Å². The van der Waals surface area contributed by atoms with E-state index in [1.54, 1.807) is 0 Å². The number of likely N-dealkylation sites (tertiary alicyclic amines) is 2. The first-order chi connectivity index (χ1) is 6.70. The van der Waals surface area contributed by atoms with E-state index in [4.69, 9.17) is 5.73 Å². The molecular weight excluding hydrogens is 178 g/mol. The summed E-state index contributed by atoms with van der Waals surface area (Å²) in [6, 6.07) is 0. The molecule has 2 atom stereocenters. The molecule has 2 aliphatic rings. The number of amides is 1. The lowest BCUT2D eigenvalue weighted by molar-refractivity contribution is -0.128. The first-order valence-electron chi connectivity index (χ1n) is 5.37. The van der Waals surface area contributed by atoms with E-state index in [0.717, 1.165) is 25.6 Å². The maximum atomic E-state index is 11.4. The molecular formula is C10H19N3O. The predicted molar refractivity (Wildman–Crippen MR) is 54.7 cm³/mol. The molecule has 0 bridgehead atoms. The highest BCUT2D eigenvalue weighted by Gasteiger charge is 2.37. The largest absolute Gasteiger partial charge is 0.341 e. The van der Waals surface area contributed by atoms with Crippen LogP contribution in [0.1, 0.15) is 6.42 Å². The van der Waals surface area contributed by atoms with Crippen LogP contribution in [0.2, 0.25) is 0 Å². The molecule has 4 nitrogen and oxygen atoms in total. The second kappa shape index (κ2) is 3.87. The standard InChI is InChI=1S/C10H19N3O/c1-12-3-2-8-6-13(10(14)4-11)7-9(8)5-12/h8-9H,2-7,11H2,1H3. The Morgan fingerprint density at radius 3 is 2.79 bits per heavy atom. The van der Waals surface area contributed by atoms with Gasteiger partial charge in [0.25, 0.3) is 0 Å². The Balaban J connectivity index is 1.95. The summed E-state index contributed by atoms with van der Waals surface area (Å²) in [5.74, 6) is 1.52. The third kappa shape index (κ3) is 1.77. The van der Waals surface area contributed by atoms with Gasteiger partial charge in [-0.25, -0.2) is 0 Å². The minimum atomic E-state index is 0.113. The topological polar surface area (TPSA) is 49.6 Å². The van der Waals surface area contributed by atoms with Crippen LogP contribution >= 0.6 is 0 Å². The fraction of sp³-hybridized carbons (Fsp3) is 0.900. The zero-order valence-corrected chi connectivity index (χ0v) is 8.78. The number of rotatable bonds is 1. The van der Waals surface area contributed by atoms with Crippen LogP contribution in [-0.4, -0.2) is 55.5 Å². The highest BCUT2D eigenvalue weighted by molar-refractivity contribution is 5.78. The molecule has 0 aliphatic carbocycles. The fourth-order valence-electron chi connectivity index (χ4n) is 2.68. The van der Waals surface area contributed by atoms with Gasteiger partial charge in [0, 0.05) is 19.6 Å².